The van der Waals surface area contributed by atoms with E-state index in [2.05, 4.69) is 5.10 Å². The second-order valence-corrected chi connectivity index (χ2v) is 6.32. The van der Waals surface area contributed by atoms with Gasteiger partial charge in [-0.2, -0.15) is 9.40 Å². The minimum absolute atomic E-state index is 0.00462. The molecule has 0 aliphatic heterocycles. The third-order valence-corrected chi connectivity index (χ3v) is 4.23. The first kappa shape index (κ1) is 15.6. The van der Waals surface area contributed by atoms with Gasteiger partial charge in [0.25, 0.3) is 0 Å². The molecule has 1 aromatic rings. The molecule has 9 heteroatoms. The predicted molar refractivity (Wildman–Crippen MR) is 68.2 cm³/mol. The van der Waals surface area contributed by atoms with Gasteiger partial charge in [0.05, 0.1) is 6.20 Å². The van der Waals surface area contributed by atoms with Crippen molar-refractivity contribution in [3.63, 3.8) is 0 Å². The molecule has 0 aliphatic rings. The van der Waals surface area contributed by atoms with Crippen molar-refractivity contribution in [2.75, 3.05) is 33.7 Å². The van der Waals surface area contributed by atoms with Gasteiger partial charge in [-0.1, -0.05) is 0 Å². The van der Waals surface area contributed by atoms with E-state index in [4.69, 9.17) is 5.11 Å². The number of sulfonamides is 1. The topological polar surface area (TPSA) is 95.7 Å². The Balaban J connectivity index is 2.98. The summed E-state index contributed by atoms with van der Waals surface area (Å²) in [5, 5.41) is 12.6. The summed E-state index contributed by atoms with van der Waals surface area (Å²) in [6, 6.07) is 0. The van der Waals surface area contributed by atoms with E-state index in [0.29, 0.717) is 6.54 Å². The zero-order valence-corrected chi connectivity index (χ0v) is 12.0. The van der Waals surface area contributed by atoms with Crippen LogP contribution >= 0.6 is 0 Å². The van der Waals surface area contributed by atoms with Crippen molar-refractivity contribution < 1.29 is 18.3 Å². The van der Waals surface area contributed by atoms with Crippen LogP contribution in [0.3, 0.4) is 0 Å². The minimum atomic E-state index is -3.83. The highest BCUT2D eigenvalue weighted by Gasteiger charge is 2.27. The molecule has 1 N–H and O–H groups in total. The van der Waals surface area contributed by atoms with Crippen molar-refractivity contribution in [1.82, 2.24) is 19.0 Å². The number of carboxylic acid groups (broad SMARTS) is 1. The number of likely N-dealkylation sites (N-methyl/N-ethyl adjacent to an activating group) is 1. The van der Waals surface area contributed by atoms with Crippen molar-refractivity contribution in [2.45, 2.75) is 4.90 Å². The van der Waals surface area contributed by atoms with E-state index in [1.807, 2.05) is 0 Å². The lowest BCUT2D eigenvalue weighted by molar-refractivity contribution is -0.137. The molecule has 108 valence electrons. The van der Waals surface area contributed by atoms with Crippen LogP contribution in [-0.4, -0.2) is 72.2 Å². The van der Waals surface area contributed by atoms with E-state index < -0.39 is 22.5 Å². The number of hydrogen-bond acceptors (Lipinski definition) is 5. The van der Waals surface area contributed by atoms with Crippen LogP contribution in [0.1, 0.15) is 0 Å². The molecule has 1 rings (SSSR count). The molecule has 0 aromatic carbocycles. The van der Waals surface area contributed by atoms with Gasteiger partial charge in [-0.05, 0) is 14.1 Å². The van der Waals surface area contributed by atoms with Gasteiger partial charge in [-0.15, -0.1) is 0 Å². The molecule has 0 unspecified atom stereocenters. The summed E-state index contributed by atoms with van der Waals surface area (Å²) in [7, 11) is 1.34. The summed E-state index contributed by atoms with van der Waals surface area (Å²) in [5.74, 6) is -1.19. The number of rotatable bonds is 7. The summed E-state index contributed by atoms with van der Waals surface area (Å²) >= 11 is 0. The Morgan fingerprint density at radius 2 is 2.05 bits per heavy atom. The Bertz CT molecular complexity index is 537. The summed E-state index contributed by atoms with van der Waals surface area (Å²) in [6.07, 6.45) is 2.56. The molecule has 0 aliphatic carbocycles. The van der Waals surface area contributed by atoms with E-state index in [9.17, 15) is 13.2 Å². The number of carboxylic acids is 1. The molecule has 8 nitrogen and oxygen atoms in total. The molecule has 0 bridgehead atoms. The molecule has 1 heterocycles. The molecule has 0 saturated heterocycles. The first-order valence-electron chi connectivity index (χ1n) is 5.59. The minimum Gasteiger partial charge on any atom is -0.480 e. The van der Waals surface area contributed by atoms with Gasteiger partial charge in [0, 0.05) is 26.3 Å². The van der Waals surface area contributed by atoms with Gasteiger partial charge < -0.3 is 10.0 Å². The molecule has 0 fully saturated rings. The standard InChI is InChI=1S/C10H18N4O4S/c1-12(2)4-5-14(8-10(15)16)19(17,18)9-6-11-13(3)7-9/h6-7H,4-5,8H2,1-3H3,(H,15,16). The molecule has 0 atom stereocenters. The smallest absolute Gasteiger partial charge is 0.318 e. The summed E-state index contributed by atoms with van der Waals surface area (Å²) in [6.45, 7) is -0.0195. The maximum atomic E-state index is 12.3. The van der Waals surface area contributed by atoms with Crippen LogP contribution in [0, 0.1) is 0 Å². The summed E-state index contributed by atoms with van der Waals surface area (Å²) in [4.78, 5) is 12.6. The van der Waals surface area contributed by atoms with Crippen LogP contribution in [-0.2, 0) is 21.9 Å². The van der Waals surface area contributed by atoms with Gasteiger partial charge in [0.2, 0.25) is 10.0 Å². The second-order valence-electron chi connectivity index (χ2n) is 4.39. The Hall–Kier alpha value is -1.45. The van der Waals surface area contributed by atoms with Crippen LogP contribution in [0.2, 0.25) is 0 Å². The predicted octanol–water partition coefficient (Wildman–Crippen LogP) is -0.943. The molecule has 19 heavy (non-hydrogen) atoms. The monoisotopic (exact) mass is 290 g/mol. The van der Waals surface area contributed by atoms with E-state index >= 15 is 0 Å². The van der Waals surface area contributed by atoms with Gasteiger partial charge in [-0.3, -0.25) is 9.48 Å². The number of aliphatic carboxylic acids is 1. The molecule has 0 amide bonds. The number of aromatic nitrogens is 2. The molecular formula is C10H18N4O4S. The maximum Gasteiger partial charge on any atom is 0.318 e. The molecule has 0 spiro atoms. The Morgan fingerprint density at radius 3 is 2.47 bits per heavy atom. The largest absolute Gasteiger partial charge is 0.480 e. The Labute approximate surface area is 112 Å². The number of aryl methyl sites for hydroxylation is 1. The molecular weight excluding hydrogens is 272 g/mol. The van der Waals surface area contributed by atoms with Gasteiger partial charge in [-0.25, -0.2) is 8.42 Å². The lowest BCUT2D eigenvalue weighted by Gasteiger charge is -2.21. The van der Waals surface area contributed by atoms with Crippen molar-refractivity contribution in [3.8, 4) is 0 Å². The molecule has 0 saturated carbocycles. The fourth-order valence-electron chi connectivity index (χ4n) is 1.43. The lowest BCUT2D eigenvalue weighted by Crippen LogP contribution is -2.39. The number of nitrogens with zero attached hydrogens (tertiary/aromatic N) is 4. The fraction of sp³-hybridized carbons (Fsp3) is 0.600. The Morgan fingerprint density at radius 1 is 1.42 bits per heavy atom. The second kappa shape index (κ2) is 6.13. The summed E-state index contributed by atoms with van der Waals surface area (Å²) < 4.78 is 26.9. The first-order chi connectivity index (χ1) is 8.73. The third-order valence-electron chi connectivity index (χ3n) is 2.43. The normalized spacial score (nSPS) is 12.3. The number of hydrogen-bond donors (Lipinski definition) is 1. The van der Waals surface area contributed by atoms with Gasteiger partial charge in [0.15, 0.2) is 0 Å². The average molecular weight is 290 g/mol. The SMILES string of the molecule is CN(C)CCN(CC(=O)O)S(=O)(=O)c1cnn(C)c1. The van der Waals surface area contributed by atoms with Crippen molar-refractivity contribution >= 4 is 16.0 Å². The van der Waals surface area contributed by atoms with Crippen molar-refractivity contribution in [3.05, 3.63) is 12.4 Å². The maximum absolute atomic E-state index is 12.3. The highest BCUT2D eigenvalue weighted by atomic mass is 32.2. The summed E-state index contributed by atoms with van der Waals surface area (Å²) in [5.41, 5.74) is 0. The van der Waals surface area contributed by atoms with E-state index in [0.717, 1.165) is 4.31 Å². The molecule has 1 aromatic heterocycles. The Kier molecular flexibility index (Phi) is 5.04. The van der Waals surface area contributed by atoms with Crippen LogP contribution in [0.15, 0.2) is 17.3 Å². The quantitative estimate of drug-likeness (QED) is 0.696. The van der Waals surface area contributed by atoms with Crippen molar-refractivity contribution in [1.29, 1.82) is 0 Å². The zero-order valence-electron chi connectivity index (χ0n) is 11.1. The van der Waals surface area contributed by atoms with Crippen LogP contribution in [0.4, 0.5) is 0 Å². The van der Waals surface area contributed by atoms with E-state index in [1.165, 1.54) is 17.1 Å². The van der Waals surface area contributed by atoms with Gasteiger partial charge in [0.1, 0.15) is 11.4 Å². The highest BCUT2D eigenvalue weighted by Crippen LogP contribution is 2.14. The van der Waals surface area contributed by atoms with Gasteiger partial charge >= 0.3 is 5.97 Å². The van der Waals surface area contributed by atoms with E-state index in [1.54, 1.807) is 26.0 Å². The molecule has 0 radical (unpaired) electrons. The lowest BCUT2D eigenvalue weighted by atomic mass is 10.5. The average Bonchev–Trinajstić information content (AvgIpc) is 2.70. The zero-order chi connectivity index (χ0) is 14.6. The van der Waals surface area contributed by atoms with Crippen LogP contribution < -0.4 is 0 Å². The van der Waals surface area contributed by atoms with Crippen LogP contribution in [0.5, 0.6) is 0 Å². The highest BCUT2D eigenvalue weighted by molar-refractivity contribution is 7.89. The fourth-order valence-corrected chi connectivity index (χ4v) is 2.79. The van der Waals surface area contributed by atoms with Crippen molar-refractivity contribution in [2.24, 2.45) is 7.05 Å². The van der Waals surface area contributed by atoms with E-state index in [-0.39, 0.29) is 11.4 Å². The first-order valence-corrected chi connectivity index (χ1v) is 7.03. The third kappa shape index (κ3) is 4.30. The van der Waals surface area contributed by atoms with Crippen LogP contribution in [0.25, 0.3) is 0 Å². The number of carbonyl (C=O) groups is 1.